The van der Waals surface area contributed by atoms with Gasteiger partial charge in [0.05, 0.1) is 11.5 Å². The molecule has 2 fully saturated rings. The van der Waals surface area contributed by atoms with E-state index in [1.165, 1.54) is 12.8 Å². The molecule has 0 spiro atoms. The second-order valence-corrected chi connectivity index (χ2v) is 6.71. The van der Waals surface area contributed by atoms with Crippen molar-refractivity contribution >= 4 is 17.6 Å². The van der Waals surface area contributed by atoms with E-state index >= 15 is 0 Å². The lowest BCUT2D eigenvalue weighted by Crippen LogP contribution is -2.41. The van der Waals surface area contributed by atoms with Crippen LogP contribution in [0.25, 0.3) is 0 Å². The highest BCUT2D eigenvalue weighted by molar-refractivity contribution is 5.94. The molecule has 2 N–H and O–H groups in total. The van der Waals surface area contributed by atoms with E-state index in [9.17, 15) is 14.7 Å². The van der Waals surface area contributed by atoms with Crippen molar-refractivity contribution in [3.8, 4) is 5.75 Å². The molecule has 0 unspecified atom stereocenters. The molecule has 0 aliphatic heterocycles. The Morgan fingerprint density at radius 2 is 1.78 bits per heavy atom. The van der Waals surface area contributed by atoms with Gasteiger partial charge in [0, 0.05) is 12.1 Å². The van der Waals surface area contributed by atoms with Crippen LogP contribution in [0.4, 0.5) is 5.69 Å². The van der Waals surface area contributed by atoms with Crippen molar-refractivity contribution in [3.63, 3.8) is 0 Å². The number of carbonyl (C=O) groups is 2. The van der Waals surface area contributed by atoms with Crippen molar-refractivity contribution in [2.75, 3.05) is 5.32 Å². The van der Waals surface area contributed by atoms with E-state index in [4.69, 9.17) is 4.74 Å². The summed E-state index contributed by atoms with van der Waals surface area (Å²) < 4.78 is 5.88. The lowest BCUT2D eigenvalue weighted by molar-refractivity contribution is -0.157. The zero-order valence-electron chi connectivity index (χ0n) is 13.2. The zero-order valence-corrected chi connectivity index (χ0v) is 13.2. The topological polar surface area (TPSA) is 75.6 Å². The van der Waals surface area contributed by atoms with Gasteiger partial charge in [0.2, 0.25) is 5.91 Å². The van der Waals surface area contributed by atoms with Gasteiger partial charge >= 0.3 is 5.97 Å². The van der Waals surface area contributed by atoms with Crippen LogP contribution in [0.3, 0.4) is 0 Å². The van der Waals surface area contributed by atoms with Gasteiger partial charge in [-0.25, -0.2) is 0 Å². The molecule has 2 saturated carbocycles. The molecule has 3 rings (SSSR count). The molecule has 1 aromatic rings. The van der Waals surface area contributed by atoms with Gasteiger partial charge in [0.15, 0.2) is 0 Å². The molecule has 0 heterocycles. The Hall–Kier alpha value is -2.04. The molecule has 1 aromatic carbocycles. The molecule has 0 bridgehead atoms. The Labute approximate surface area is 136 Å². The highest BCUT2D eigenvalue weighted by Gasteiger charge is 2.45. The quantitative estimate of drug-likeness (QED) is 0.840. The highest BCUT2D eigenvalue weighted by atomic mass is 16.5. The average molecular weight is 317 g/mol. The summed E-state index contributed by atoms with van der Waals surface area (Å²) in [6.07, 6.45) is 7.08. The van der Waals surface area contributed by atoms with E-state index in [-0.39, 0.29) is 12.3 Å². The van der Waals surface area contributed by atoms with E-state index in [1.807, 2.05) is 12.1 Å². The number of carboxylic acid groups (broad SMARTS) is 1. The molecule has 1 amide bonds. The fourth-order valence-electron chi connectivity index (χ4n) is 3.40. The number of carboxylic acids is 1. The number of amides is 1. The zero-order chi connectivity index (χ0) is 16.3. The summed E-state index contributed by atoms with van der Waals surface area (Å²) in [5, 5.41) is 12.1. The molecule has 124 valence electrons. The minimum absolute atomic E-state index is 0.0443. The summed E-state index contributed by atoms with van der Waals surface area (Å²) in [6, 6.07) is 7.31. The number of ether oxygens (including phenoxy) is 1. The number of aliphatic carboxylic acids is 1. The highest BCUT2D eigenvalue weighted by Crippen LogP contribution is 2.44. The van der Waals surface area contributed by atoms with Crippen LogP contribution in [0, 0.1) is 5.41 Å². The summed E-state index contributed by atoms with van der Waals surface area (Å²) in [7, 11) is 0. The molecule has 0 saturated heterocycles. The SMILES string of the molecule is O=C(CC1(C(=O)O)CCC1)Nc1ccc(OC2CCCC2)cc1. The first-order valence-corrected chi connectivity index (χ1v) is 8.37. The van der Waals surface area contributed by atoms with Gasteiger partial charge in [-0.2, -0.15) is 0 Å². The van der Waals surface area contributed by atoms with Gasteiger partial charge in [-0.3, -0.25) is 9.59 Å². The Bertz CT molecular complexity index is 571. The van der Waals surface area contributed by atoms with E-state index in [0.29, 0.717) is 24.6 Å². The lowest BCUT2D eigenvalue weighted by Gasteiger charge is -2.36. The number of nitrogens with one attached hydrogen (secondary N) is 1. The van der Waals surface area contributed by atoms with Gasteiger partial charge < -0.3 is 15.2 Å². The van der Waals surface area contributed by atoms with Gasteiger partial charge in [0.25, 0.3) is 0 Å². The molecule has 2 aliphatic carbocycles. The summed E-state index contributed by atoms with van der Waals surface area (Å²) in [5.41, 5.74) is -0.177. The molecule has 0 radical (unpaired) electrons. The summed E-state index contributed by atoms with van der Waals surface area (Å²) in [4.78, 5) is 23.4. The molecule has 0 aromatic heterocycles. The summed E-state index contributed by atoms with van der Waals surface area (Å²) in [5.74, 6) is -0.285. The number of carbonyl (C=O) groups excluding carboxylic acids is 1. The van der Waals surface area contributed by atoms with E-state index < -0.39 is 11.4 Å². The van der Waals surface area contributed by atoms with Gasteiger partial charge in [-0.1, -0.05) is 6.42 Å². The fourth-order valence-corrected chi connectivity index (χ4v) is 3.40. The van der Waals surface area contributed by atoms with Crippen molar-refractivity contribution in [3.05, 3.63) is 24.3 Å². The van der Waals surface area contributed by atoms with Crippen LogP contribution in [0.2, 0.25) is 0 Å². The minimum atomic E-state index is -0.862. The van der Waals surface area contributed by atoms with Crippen LogP contribution in [-0.2, 0) is 9.59 Å². The molecule has 5 heteroatoms. The maximum absolute atomic E-state index is 12.1. The number of hydrogen-bond donors (Lipinski definition) is 2. The smallest absolute Gasteiger partial charge is 0.310 e. The summed E-state index contributed by atoms with van der Waals surface area (Å²) in [6.45, 7) is 0. The largest absolute Gasteiger partial charge is 0.490 e. The number of hydrogen-bond acceptors (Lipinski definition) is 3. The van der Waals surface area contributed by atoms with Crippen LogP contribution in [0.1, 0.15) is 51.4 Å². The van der Waals surface area contributed by atoms with Gasteiger partial charge in [-0.05, 0) is 62.8 Å². The second kappa shape index (κ2) is 6.60. The Kier molecular flexibility index (Phi) is 4.55. The third-order valence-corrected chi connectivity index (χ3v) is 5.01. The molecular formula is C18H23NO4. The average Bonchev–Trinajstić information content (AvgIpc) is 2.97. The second-order valence-electron chi connectivity index (χ2n) is 6.71. The van der Waals surface area contributed by atoms with Crippen LogP contribution < -0.4 is 10.1 Å². The van der Waals surface area contributed by atoms with E-state index in [0.717, 1.165) is 25.0 Å². The lowest BCUT2D eigenvalue weighted by atomic mass is 9.66. The Morgan fingerprint density at radius 3 is 2.30 bits per heavy atom. The first-order valence-electron chi connectivity index (χ1n) is 8.37. The van der Waals surface area contributed by atoms with Crippen molar-refractivity contribution in [1.29, 1.82) is 0 Å². The van der Waals surface area contributed by atoms with Crippen molar-refractivity contribution < 1.29 is 19.4 Å². The van der Waals surface area contributed by atoms with E-state index in [2.05, 4.69) is 5.32 Å². The van der Waals surface area contributed by atoms with Crippen LogP contribution in [-0.4, -0.2) is 23.1 Å². The first-order chi connectivity index (χ1) is 11.1. The molecular weight excluding hydrogens is 294 g/mol. The fraction of sp³-hybridized carbons (Fsp3) is 0.556. The van der Waals surface area contributed by atoms with Crippen molar-refractivity contribution in [1.82, 2.24) is 0 Å². The maximum atomic E-state index is 12.1. The van der Waals surface area contributed by atoms with Crippen molar-refractivity contribution in [2.45, 2.75) is 57.5 Å². The van der Waals surface area contributed by atoms with Crippen LogP contribution in [0.5, 0.6) is 5.75 Å². The standard InChI is InChI=1S/C18H23NO4/c20-16(12-18(17(21)22)10-3-11-18)19-13-6-8-15(9-7-13)23-14-4-1-2-5-14/h6-9,14H,1-5,10-12H2,(H,19,20)(H,21,22). The van der Waals surface area contributed by atoms with Crippen LogP contribution in [0.15, 0.2) is 24.3 Å². The number of anilines is 1. The summed E-state index contributed by atoms with van der Waals surface area (Å²) >= 11 is 0. The Morgan fingerprint density at radius 1 is 1.13 bits per heavy atom. The molecule has 0 atom stereocenters. The van der Waals surface area contributed by atoms with Crippen LogP contribution >= 0.6 is 0 Å². The Balaban J connectivity index is 1.53. The maximum Gasteiger partial charge on any atom is 0.310 e. The third-order valence-electron chi connectivity index (χ3n) is 5.01. The monoisotopic (exact) mass is 317 g/mol. The number of benzene rings is 1. The predicted molar refractivity (Wildman–Crippen MR) is 86.5 cm³/mol. The van der Waals surface area contributed by atoms with Crippen molar-refractivity contribution in [2.24, 2.45) is 5.41 Å². The molecule has 5 nitrogen and oxygen atoms in total. The van der Waals surface area contributed by atoms with Gasteiger partial charge in [0.1, 0.15) is 5.75 Å². The van der Waals surface area contributed by atoms with E-state index in [1.54, 1.807) is 12.1 Å². The van der Waals surface area contributed by atoms with Gasteiger partial charge in [-0.15, -0.1) is 0 Å². The normalized spacial score (nSPS) is 19.8. The molecule has 23 heavy (non-hydrogen) atoms. The minimum Gasteiger partial charge on any atom is -0.490 e. The number of rotatable bonds is 6. The molecule has 2 aliphatic rings. The third kappa shape index (κ3) is 3.66. The predicted octanol–water partition coefficient (Wildman–Crippen LogP) is 3.59. The first kappa shape index (κ1) is 15.8.